The van der Waals surface area contributed by atoms with Crippen LogP contribution in [0.3, 0.4) is 0 Å². The van der Waals surface area contributed by atoms with Gasteiger partial charge in [-0.2, -0.15) is 5.10 Å². The Bertz CT molecular complexity index is 478. The average Bonchev–Trinajstić information content (AvgIpc) is 2.63. The fraction of sp³-hybridized carbons (Fsp3) is 0.400. The fourth-order valence-corrected chi connectivity index (χ4v) is 1.14. The molecular weight excluding hydrogens is 276 g/mol. The van der Waals surface area contributed by atoms with Crippen LogP contribution in [0.1, 0.15) is 5.76 Å². The quantitative estimate of drug-likeness (QED) is 0.277. The smallest absolute Gasteiger partial charge is 0.433 e. The summed E-state index contributed by atoms with van der Waals surface area (Å²) in [7, 11) is 5.62. The number of nitrogens with one attached hydrogen (secondary N) is 1. The van der Waals surface area contributed by atoms with E-state index in [1.54, 1.807) is 0 Å². The molecule has 0 spiro atoms. The second kappa shape index (κ2) is 6.86. The number of carbonyl (C=O) groups is 1. The first kappa shape index (κ1) is 17.1. The van der Waals surface area contributed by atoms with Crippen LogP contribution in [0.25, 0.3) is 0 Å². The van der Waals surface area contributed by atoms with Crippen molar-refractivity contribution in [3.8, 4) is 0 Å². The van der Waals surface area contributed by atoms with Crippen LogP contribution in [0, 0.1) is 10.1 Å². The largest absolute Gasteiger partial charge is 1.00 e. The van der Waals surface area contributed by atoms with Gasteiger partial charge in [-0.1, -0.05) is 0 Å². The predicted octanol–water partition coefficient (Wildman–Crippen LogP) is -2.65. The highest BCUT2D eigenvalue weighted by Crippen LogP contribution is 2.13. The van der Waals surface area contributed by atoms with Crippen molar-refractivity contribution in [3.63, 3.8) is 0 Å². The number of quaternary nitrogens is 1. The molecule has 0 bridgehead atoms. The van der Waals surface area contributed by atoms with Crippen LogP contribution in [0.2, 0.25) is 0 Å². The van der Waals surface area contributed by atoms with Crippen LogP contribution in [0.5, 0.6) is 0 Å². The molecule has 1 aromatic rings. The van der Waals surface area contributed by atoms with Crippen molar-refractivity contribution in [1.29, 1.82) is 0 Å². The lowest BCUT2D eigenvalue weighted by Gasteiger charge is -2.21. The summed E-state index contributed by atoms with van der Waals surface area (Å²) in [5.74, 6) is -0.416. The predicted molar refractivity (Wildman–Crippen MR) is 64.0 cm³/mol. The average molecular weight is 291 g/mol. The van der Waals surface area contributed by atoms with Crippen molar-refractivity contribution in [2.75, 3.05) is 27.7 Å². The molecule has 0 saturated carbocycles. The highest BCUT2D eigenvalue weighted by atomic mass is 35.5. The molecule has 106 valence electrons. The maximum atomic E-state index is 11.4. The van der Waals surface area contributed by atoms with E-state index in [1.165, 1.54) is 18.3 Å². The highest BCUT2D eigenvalue weighted by Gasteiger charge is 2.13. The first-order valence-corrected chi connectivity index (χ1v) is 5.14. The minimum Gasteiger partial charge on any atom is -1.00 e. The van der Waals surface area contributed by atoms with E-state index in [-0.39, 0.29) is 36.5 Å². The maximum absolute atomic E-state index is 11.4. The summed E-state index contributed by atoms with van der Waals surface area (Å²) in [5, 5.41) is 14.0. The summed E-state index contributed by atoms with van der Waals surface area (Å²) >= 11 is 0. The third-order valence-corrected chi connectivity index (χ3v) is 1.79. The van der Waals surface area contributed by atoms with Crippen molar-refractivity contribution in [3.05, 3.63) is 28.0 Å². The van der Waals surface area contributed by atoms with Gasteiger partial charge in [-0.25, -0.2) is 5.43 Å². The molecule has 0 atom stereocenters. The summed E-state index contributed by atoms with van der Waals surface area (Å²) < 4.78 is 5.30. The van der Waals surface area contributed by atoms with E-state index >= 15 is 0 Å². The van der Waals surface area contributed by atoms with Crippen molar-refractivity contribution in [2.45, 2.75) is 0 Å². The molecule has 0 saturated heterocycles. The molecule has 1 heterocycles. The van der Waals surface area contributed by atoms with Gasteiger partial charge in [0.15, 0.2) is 12.3 Å². The number of rotatable bonds is 5. The summed E-state index contributed by atoms with van der Waals surface area (Å²) in [5.41, 5.74) is 2.31. The van der Waals surface area contributed by atoms with Crippen LogP contribution in [0.4, 0.5) is 5.88 Å². The van der Waals surface area contributed by atoms with Crippen molar-refractivity contribution < 1.29 is 31.0 Å². The number of nitrogens with zero attached hydrogens (tertiary/aromatic N) is 3. The Morgan fingerprint density at radius 2 is 2.16 bits per heavy atom. The molecule has 0 aliphatic rings. The van der Waals surface area contributed by atoms with Gasteiger partial charge in [-0.05, 0) is 6.07 Å². The lowest BCUT2D eigenvalue weighted by molar-refractivity contribution is -0.862. The van der Waals surface area contributed by atoms with Crippen LogP contribution >= 0.6 is 0 Å². The monoisotopic (exact) mass is 290 g/mol. The molecule has 0 aromatic carbocycles. The van der Waals surface area contributed by atoms with Gasteiger partial charge in [-0.15, -0.1) is 0 Å². The van der Waals surface area contributed by atoms with Gasteiger partial charge >= 0.3 is 5.88 Å². The van der Waals surface area contributed by atoms with Gasteiger partial charge in [-0.3, -0.25) is 14.9 Å². The second-order valence-electron chi connectivity index (χ2n) is 4.67. The molecule has 0 fully saturated rings. The van der Waals surface area contributed by atoms with E-state index in [2.05, 4.69) is 10.5 Å². The molecule has 1 rings (SSSR count). The zero-order valence-electron chi connectivity index (χ0n) is 10.8. The van der Waals surface area contributed by atoms with E-state index in [9.17, 15) is 14.9 Å². The van der Waals surface area contributed by atoms with Crippen molar-refractivity contribution in [2.24, 2.45) is 5.10 Å². The third kappa shape index (κ3) is 6.53. The lowest BCUT2D eigenvalue weighted by atomic mass is 10.5. The SMILES string of the molecule is C[N+](C)(C)CC(=O)N/N=C/c1ccc([N+](=O)[O-])o1.[Cl-]. The highest BCUT2D eigenvalue weighted by molar-refractivity contribution is 5.81. The summed E-state index contributed by atoms with van der Waals surface area (Å²) in [4.78, 5) is 21.1. The van der Waals surface area contributed by atoms with E-state index < -0.39 is 4.92 Å². The molecule has 0 unspecified atom stereocenters. The van der Waals surface area contributed by atoms with E-state index in [0.29, 0.717) is 4.48 Å². The number of carbonyl (C=O) groups excluding carboxylic acids is 1. The Balaban J connectivity index is 0.00000324. The molecule has 19 heavy (non-hydrogen) atoms. The van der Waals surface area contributed by atoms with Gasteiger partial charge in [0.25, 0.3) is 5.91 Å². The lowest BCUT2D eigenvalue weighted by Crippen LogP contribution is -3.00. The molecule has 1 amide bonds. The minimum absolute atomic E-state index is 0. The summed E-state index contributed by atoms with van der Waals surface area (Å²) in [6.07, 6.45) is 1.21. The van der Waals surface area contributed by atoms with Crippen LogP contribution < -0.4 is 17.8 Å². The maximum Gasteiger partial charge on any atom is 0.433 e. The zero-order chi connectivity index (χ0) is 13.8. The standard InChI is InChI=1S/C10H14N4O4.ClH/c1-14(2,3)7-9(15)12-11-6-8-4-5-10(18-8)13(16)17;/h4-6H,7H2,1-3H3;1H/b11-6+;. The van der Waals surface area contributed by atoms with E-state index in [4.69, 9.17) is 4.42 Å². The first-order chi connectivity index (χ1) is 8.28. The Morgan fingerprint density at radius 1 is 1.53 bits per heavy atom. The van der Waals surface area contributed by atoms with Crippen molar-refractivity contribution in [1.82, 2.24) is 5.43 Å². The first-order valence-electron chi connectivity index (χ1n) is 5.14. The normalized spacial score (nSPS) is 11.1. The number of likely N-dealkylation sites (N-methyl/N-ethyl adjacent to an activating group) is 1. The fourth-order valence-electron chi connectivity index (χ4n) is 1.14. The number of furan rings is 1. The number of nitro groups is 1. The molecule has 8 nitrogen and oxygen atoms in total. The third-order valence-electron chi connectivity index (χ3n) is 1.79. The van der Waals surface area contributed by atoms with Crippen LogP contribution in [-0.2, 0) is 4.79 Å². The zero-order valence-corrected chi connectivity index (χ0v) is 11.5. The Kier molecular flexibility index (Phi) is 6.16. The number of hydrogen-bond donors (Lipinski definition) is 1. The van der Waals surface area contributed by atoms with Gasteiger partial charge in [0, 0.05) is 0 Å². The van der Waals surface area contributed by atoms with Gasteiger partial charge < -0.3 is 21.3 Å². The molecule has 0 radical (unpaired) electrons. The second-order valence-corrected chi connectivity index (χ2v) is 4.67. The molecular formula is C10H15ClN4O4. The Hall–Kier alpha value is -1.93. The Morgan fingerprint density at radius 3 is 2.63 bits per heavy atom. The Labute approximate surface area is 116 Å². The van der Waals surface area contributed by atoms with Crippen molar-refractivity contribution >= 4 is 18.0 Å². The van der Waals surface area contributed by atoms with E-state index in [1.807, 2.05) is 21.1 Å². The molecule has 1 N–H and O–H groups in total. The van der Waals surface area contributed by atoms with Gasteiger partial charge in [0.05, 0.1) is 33.4 Å². The summed E-state index contributed by atoms with van der Waals surface area (Å²) in [6.45, 7) is 0.273. The van der Waals surface area contributed by atoms with Crippen LogP contribution in [-0.4, -0.2) is 49.2 Å². The summed E-state index contributed by atoms with van der Waals surface area (Å²) in [6, 6.07) is 2.61. The van der Waals surface area contributed by atoms with E-state index in [0.717, 1.165) is 0 Å². The minimum atomic E-state index is -0.646. The molecule has 1 aromatic heterocycles. The number of hydrazone groups is 1. The van der Waals surface area contributed by atoms with Gasteiger partial charge in [0.1, 0.15) is 4.92 Å². The van der Waals surface area contributed by atoms with Crippen LogP contribution in [0.15, 0.2) is 21.7 Å². The van der Waals surface area contributed by atoms with Gasteiger partial charge in [0.2, 0.25) is 0 Å². The molecule has 9 heteroatoms. The number of halogens is 1. The number of hydrogen-bond acceptors (Lipinski definition) is 5. The molecule has 0 aliphatic heterocycles. The topological polar surface area (TPSA) is 97.7 Å². The molecule has 0 aliphatic carbocycles. The number of amides is 1.